The van der Waals surface area contributed by atoms with Crippen molar-refractivity contribution in [2.24, 2.45) is 0 Å². The van der Waals surface area contributed by atoms with Crippen molar-refractivity contribution >= 4 is 21.8 Å². The number of nitrogens with zero attached hydrogens (tertiary/aromatic N) is 2. The smallest absolute Gasteiger partial charge is 0.123 e. The van der Waals surface area contributed by atoms with Gasteiger partial charge < -0.3 is 4.57 Å². The minimum atomic E-state index is -0.205. The van der Waals surface area contributed by atoms with Crippen molar-refractivity contribution in [3.8, 4) is 0 Å². The first-order valence-corrected chi connectivity index (χ1v) is 6.89. The highest BCUT2D eigenvalue weighted by Gasteiger charge is 2.04. The highest BCUT2D eigenvalue weighted by Crippen LogP contribution is 2.19. The van der Waals surface area contributed by atoms with Crippen LogP contribution in [0, 0.1) is 5.82 Å². The Morgan fingerprint density at radius 3 is 2.76 bits per heavy atom. The molecule has 0 fully saturated rings. The van der Waals surface area contributed by atoms with E-state index in [1.807, 2.05) is 42.6 Å². The van der Waals surface area contributed by atoms with Gasteiger partial charge in [0.2, 0.25) is 0 Å². The van der Waals surface area contributed by atoms with Gasteiger partial charge in [0.25, 0.3) is 0 Å². The van der Waals surface area contributed by atoms with Gasteiger partial charge in [-0.1, -0.05) is 24.3 Å². The number of rotatable bonds is 2. The Balaban J connectivity index is 1.75. The molecule has 0 aliphatic rings. The van der Waals surface area contributed by atoms with E-state index in [2.05, 4.69) is 21.7 Å². The fourth-order valence-electron chi connectivity index (χ4n) is 2.68. The molecule has 0 radical (unpaired) electrons. The zero-order valence-electron chi connectivity index (χ0n) is 11.3. The van der Waals surface area contributed by atoms with Crippen LogP contribution in [0.1, 0.15) is 5.69 Å². The lowest BCUT2D eigenvalue weighted by molar-refractivity contribution is 0.629. The Morgan fingerprint density at radius 2 is 1.81 bits per heavy atom. The van der Waals surface area contributed by atoms with Crippen LogP contribution in [0.25, 0.3) is 21.8 Å². The fourth-order valence-corrected chi connectivity index (χ4v) is 2.68. The molecule has 2 aromatic carbocycles. The summed E-state index contributed by atoms with van der Waals surface area (Å²) < 4.78 is 15.3. The molecule has 0 amide bonds. The van der Waals surface area contributed by atoms with Crippen molar-refractivity contribution < 1.29 is 4.39 Å². The Labute approximate surface area is 121 Å². The predicted molar refractivity (Wildman–Crippen MR) is 82.7 cm³/mol. The van der Waals surface area contributed by atoms with Crippen molar-refractivity contribution in [3.63, 3.8) is 0 Å². The molecule has 0 saturated heterocycles. The van der Waals surface area contributed by atoms with Gasteiger partial charge in [-0.3, -0.25) is 4.98 Å². The van der Waals surface area contributed by atoms with Crippen molar-refractivity contribution in [1.29, 1.82) is 0 Å². The Kier molecular flexibility index (Phi) is 2.71. The van der Waals surface area contributed by atoms with Gasteiger partial charge in [0.15, 0.2) is 0 Å². The number of pyridine rings is 1. The van der Waals surface area contributed by atoms with Crippen LogP contribution in [0.2, 0.25) is 0 Å². The summed E-state index contributed by atoms with van der Waals surface area (Å²) in [4.78, 5) is 4.68. The first-order chi connectivity index (χ1) is 10.3. The average molecular weight is 276 g/mol. The molecular weight excluding hydrogens is 263 g/mol. The van der Waals surface area contributed by atoms with Gasteiger partial charge in [0, 0.05) is 22.5 Å². The number of benzene rings is 2. The molecular formula is C18H13FN2. The van der Waals surface area contributed by atoms with E-state index in [0.717, 1.165) is 27.5 Å². The van der Waals surface area contributed by atoms with Crippen molar-refractivity contribution in [2.45, 2.75) is 6.54 Å². The molecule has 21 heavy (non-hydrogen) atoms. The molecule has 3 heteroatoms. The Hall–Kier alpha value is -2.68. The highest BCUT2D eigenvalue weighted by atomic mass is 19.1. The summed E-state index contributed by atoms with van der Waals surface area (Å²) in [6.45, 7) is 0.681. The van der Waals surface area contributed by atoms with Gasteiger partial charge in [-0.15, -0.1) is 0 Å². The van der Waals surface area contributed by atoms with Crippen LogP contribution in [0.15, 0.2) is 66.9 Å². The number of hydrogen-bond acceptors (Lipinski definition) is 1. The van der Waals surface area contributed by atoms with E-state index in [4.69, 9.17) is 0 Å². The van der Waals surface area contributed by atoms with E-state index in [-0.39, 0.29) is 5.82 Å². The van der Waals surface area contributed by atoms with Crippen molar-refractivity contribution in [1.82, 2.24) is 9.55 Å². The summed E-state index contributed by atoms with van der Waals surface area (Å²) in [5.41, 5.74) is 3.01. The van der Waals surface area contributed by atoms with Gasteiger partial charge in [0.05, 0.1) is 17.8 Å². The molecule has 0 atom stereocenters. The van der Waals surface area contributed by atoms with E-state index in [1.165, 1.54) is 6.07 Å². The maximum Gasteiger partial charge on any atom is 0.123 e. The zero-order valence-corrected chi connectivity index (χ0v) is 11.3. The predicted octanol–water partition coefficient (Wildman–Crippen LogP) is 4.38. The molecule has 0 unspecified atom stereocenters. The molecule has 0 saturated carbocycles. The first-order valence-electron chi connectivity index (χ1n) is 6.89. The maximum absolute atomic E-state index is 13.2. The average Bonchev–Trinajstić information content (AvgIpc) is 2.89. The van der Waals surface area contributed by atoms with Crippen LogP contribution in [0.3, 0.4) is 0 Å². The molecule has 2 aromatic heterocycles. The number of fused-ring (bicyclic) bond motifs is 2. The summed E-state index contributed by atoms with van der Waals surface area (Å²) in [7, 11) is 0. The summed E-state index contributed by atoms with van der Waals surface area (Å²) >= 11 is 0. The summed E-state index contributed by atoms with van der Waals surface area (Å²) in [5.74, 6) is -0.205. The largest absolute Gasteiger partial charge is 0.341 e. The van der Waals surface area contributed by atoms with Gasteiger partial charge in [-0.2, -0.15) is 0 Å². The van der Waals surface area contributed by atoms with Gasteiger partial charge in [-0.05, 0) is 36.4 Å². The minimum absolute atomic E-state index is 0.205. The van der Waals surface area contributed by atoms with Crippen LogP contribution >= 0.6 is 0 Å². The van der Waals surface area contributed by atoms with Crippen LogP contribution in [-0.4, -0.2) is 9.55 Å². The standard InChI is InChI=1S/C18H13FN2/c19-15-6-8-18-14(11-15)9-10-21(18)12-16-7-5-13-3-1-2-4-17(13)20-16/h1-11H,12H2. The lowest BCUT2D eigenvalue weighted by Gasteiger charge is -2.06. The zero-order chi connectivity index (χ0) is 14.2. The second-order valence-electron chi connectivity index (χ2n) is 5.14. The topological polar surface area (TPSA) is 17.8 Å². The molecule has 0 aliphatic carbocycles. The summed E-state index contributed by atoms with van der Waals surface area (Å²) in [6, 6.07) is 19.0. The first kappa shape index (κ1) is 12.1. The Bertz CT molecular complexity index is 940. The third-order valence-corrected chi connectivity index (χ3v) is 3.72. The molecule has 2 heterocycles. The van der Waals surface area contributed by atoms with Crippen LogP contribution in [0.5, 0.6) is 0 Å². The van der Waals surface area contributed by atoms with E-state index >= 15 is 0 Å². The molecule has 4 aromatic rings. The second-order valence-corrected chi connectivity index (χ2v) is 5.14. The fraction of sp³-hybridized carbons (Fsp3) is 0.0556. The third kappa shape index (κ3) is 2.17. The summed E-state index contributed by atoms with van der Waals surface area (Å²) in [5, 5.41) is 2.05. The van der Waals surface area contributed by atoms with E-state index in [0.29, 0.717) is 6.54 Å². The minimum Gasteiger partial charge on any atom is -0.341 e. The van der Waals surface area contributed by atoms with Gasteiger partial charge in [-0.25, -0.2) is 4.39 Å². The highest BCUT2D eigenvalue weighted by molar-refractivity contribution is 5.80. The maximum atomic E-state index is 13.2. The van der Waals surface area contributed by atoms with Crippen molar-refractivity contribution in [3.05, 3.63) is 78.4 Å². The van der Waals surface area contributed by atoms with E-state index in [1.54, 1.807) is 6.07 Å². The molecule has 0 spiro atoms. The molecule has 2 nitrogen and oxygen atoms in total. The number of para-hydroxylation sites is 1. The van der Waals surface area contributed by atoms with Gasteiger partial charge >= 0.3 is 0 Å². The molecule has 0 aliphatic heterocycles. The number of halogens is 1. The summed E-state index contributed by atoms with van der Waals surface area (Å²) in [6.07, 6.45) is 1.97. The normalized spacial score (nSPS) is 11.3. The molecule has 102 valence electrons. The monoisotopic (exact) mass is 276 g/mol. The number of aromatic nitrogens is 2. The van der Waals surface area contributed by atoms with Gasteiger partial charge in [0.1, 0.15) is 5.82 Å². The van der Waals surface area contributed by atoms with E-state index in [9.17, 15) is 4.39 Å². The van der Waals surface area contributed by atoms with Crippen molar-refractivity contribution in [2.75, 3.05) is 0 Å². The SMILES string of the molecule is Fc1ccc2c(ccn2Cc2ccc3ccccc3n2)c1. The Morgan fingerprint density at radius 1 is 0.905 bits per heavy atom. The molecule has 0 N–H and O–H groups in total. The van der Waals surface area contributed by atoms with Crippen LogP contribution in [-0.2, 0) is 6.54 Å². The third-order valence-electron chi connectivity index (χ3n) is 3.72. The van der Waals surface area contributed by atoms with Crippen LogP contribution in [0.4, 0.5) is 4.39 Å². The molecule has 0 bridgehead atoms. The number of hydrogen-bond donors (Lipinski definition) is 0. The van der Waals surface area contributed by atoms with E-state index < -0.39 is 0 Å². The second kappa shape index (κ2) is 4.70. The lowest BCUT2D eigenvalue weighted by Crippen LogP contribution is -2.00. The lowest BCUT2D eigenvalue weighted by atomic mass is 10.2. The molecule has 4 rings (SSSR count). The van der Waals surface area contributed by atoms with Crippen LogP contribution < -0.4 is 0 Å². The quantitative estimate of drug-likeness (QED) is 0.531.